The van der Waals surface area contributed by atoms with E-state index < -0.39 is 6.04 Å². The fourth-order valence-corrected chi connectivity index (χ4v) is 5.59. The van der Waals surface area contributed by atoms with Gasteiger partial charge < -0.3 is 10.2 Å². The van der Waals surface area contributed by atoms with Gasteiger partial charge >= 0.3 is 0 Å². The van der Waals surface area contributed by atoms with Crippen molar-refractivity contribution in [3.8, 4) is 0 Å². The van der Waals surface area contributed by atoms with Crippen LogP contribution in [0.2, 0.25) is 10.0 Å². The molecule has 1 atom stereocenters. The number of nitrogens with one attached hydrogen (secondary N) is 1. The highest BCUT2D eigenvalue weighted by atomic mass is 35.5. The molecule has 2 aliphatic rings. The molecule has 1 aliphatic carbocycles. The minimum atomic E-state index is -0.654. The van der Waals surface area contributed by atoms with Crippen molar-refractivity contribution in [2.24, 2.45) is 0 Å². The smallest absolute Gasteiger partial charge is 0.261 e. The van der Waals surface area contributed by atoms with Gasteiger partial charge in [0.2, 0.25) is 11.8 Å². The standard InChI is InChI=1S/C29H33Cl2N3O4/c1-2-25(27(36)32-20-9-4-3-5-10-20)34(18-19-14-15-23(30)24(31)17-19)26(35)13-8-16-33-28(37)21-11-6-7-12-22(21)29(33)38/h6-7,11-12,14-15,17,20,25H,2-5,8-10,13,16,18H2,1H3,(H,32,36). The van der Waals surface area contributed by atoms with Crippen LogP contribution < -0.4 is 5.32 Å². The van der Waals surface area contributed by atoms with E-state index in [1.807, 2.05) is 6.92 Å². The summed E-state index contributed by atoms with van der Waals surface area (Å²) in [5.41, 5.74) is 1.53. The summed E-state index contributed by atoms with van der Waals surface area (Å²) in [5.74, 6) is -1.07. The summed E-state index contributed by atoms with van der Waals surface area (Å²) in [6, 6.07) is 11.4. The van der Waals surface area contributed by atoms with E-state index in [0.717, 1.165) is 31.2 Å². The molecule has 1 heterocycles. The molecule has 1 fully saturated rings. The van der Waals surface area contributed by atoms with Crippen LogP contribution in [0.3, 0.4) is 0 Å². The third kappa shape index (κ3) is 6.38. The first-order chi connectivity index (χ1) is 18.3. The lowest BCUT2D eigenvalue weighted by molar-refractivity contribution is -0.142. The second-order valence-corrected chi connectivity index (χ2v) is 10.8. The zero-order valence-electron chi connectivity index (χ0n) is 21.6. The minimum Gasteiger partial charge on any atom is -0.352 e. The summed E-state index contributed by atoms with van der Waals surface area (Å²) >= 11 is 12.3. The van der Waals surface area contributed by atoms with Crippen molar-refractivity contribution in [2.45, 2.75) is 76.9 Å². The van der Waals surface area contributed by atoms with Gasteiger partial charge in [-0.05, 0) is 55.5 Å². The number of carbonyl (C=O) groups excluding carboxylic acids is 4. The summed E-state index contributed by atoms with van der Waals surface area (Å²) < 4.78 is 0. The Kier molecular flexibility index (Phi) is 9.44. The normalized spacial score (nSPS) is 16.3. The fraction of sp³-hybridized carbons (Fsp3) is 0.448. The van der Waals surface area contributed by atoms with E-state index in [2.05, 4.69) is 5.32 Å². The Labute approximate surface area is 233 Å². The van der Waals surface area contributed by atoms with Crippen molar-refractivity contribution in [1.29, 1.82) is 0 Å². The van der Waals surface area contributed by atoms with Gasteiger partial charge in [0.25, 0.3) is 11.8 Å². The molecular formula is C29H33Cl2N3O4. The van der Waals surface area contributed by atoms with Crippen LogP contribution in [0.5, 0.6) is 0 Å². The molecule has 1 aliphatic heterocycles. The van der Waals surface area contributed by atoms with Gasteiger partial charge in [-0.2, -0.15) is 0 Å². The predicted octanol–water partition coefficient (Wildman–Crippen LogP) is 5.63. The van der Waals surface area contributed by atoms with Crippen molar-refractivity contribution < 1.29 is 19.2 Å². The monoisotopic (exact) mass is 557 g/mol. The molecule has 4 amide bonds. The Morgan fingerprint density at radius 2 is 1.66 bits per heavy atom. The zero-order chi connectivity index (χ0) is 27.2. The number of hydrogen-bond acceptors (Lipinski definition) is 4. The first-order valence-electron chi connectivity index (χ1n) is 13.3. The lowest BCUT2D eigenvalue weighted by atomic mass is 9.95. The average Bonchev–Trinajstić information content (AvgIpc) is 3.16. The van der Waals surface area contributed by atoms with Gasteiger partial charge in [-0.15, -0.1) is 0 Å². The van der Waals surface area contributed by atoms with Crippen LogP contribution in [-0.2, 0) is 16.1 Å². The van der Waals surface area contributed by atoms with E-state index in [4.69, 9.17) is 23.2 Å². The Morgan fingerprint density at radius 1 is 1.00 bits per heavy atom. The van der Waals surface area contributed by atoms with Crippen LogP contribution in [0, 0.1) is 0 Å². The highest BCUT2D eigenvalue weighted by Crippen LogP contribution is 2.26. The van der Waals surface area contributed by atoms with Crippen molar-refractivity contribution >= 4 is 46.8 Å². The number of amides is 4. The van der Waals surface area contributed by atoms with Crippen LogP contribution in [0.25, 0.3) is 0 Å². The molecule has 2 aromatic carbocycles. The molecule has 2 aromatic rings. The van der Waals surface area contributed by atoms with Gasteiger partial charge in [0.05, 0.1) is 21.2 Å². The van der Waals surface area contributed by atoms with Crippen molar-refractivity contribution in [1.82, 2.24) is 15.1 Å². The topological polar surface area (TPSA) is 86.8 Å². The highest BCUT2D eigenvalue weighted by Gasteiger charge is 2.35. The molecule has 0 bridgehead atoms. The van der Waals surface area contributed by atoms with E-state index in [9.17, 15) is 19.2 Å². The molecule has 38 heavy (non-hydrogen) atoms. The summed E-state index contributed by atoms with van der Waals surface area (Å²) in [4.78, 5) is 55.0. The lowest BCUT2D eigenvalue weighted by Crippen LogP contribution is -2.51. The molecule has 1 saturated carbocycles. The lowest BCUT2D eigenvalue weighted by Gasteiger charge is -2.33. The quantitative estimate of drug-likeness (QED) is 0.383. The maximum atomic E-state index is 13.6. The molecule has 202 valence electrons. The molecule has 0 saturated heterocycles. The summed E-state index contributed by atoms with van der Waals surface area (Å²) in [7, 11) is 0. The first kappa shape index (κ1) is 28.1. The molecule has 0 radical (unpaired) electrons. The number of benzene rings is 2. The Hall–Kier alpha value is -2.90. The second-order valence-electron chi connectivity index (χ2n) is 9.95. The van der Waals surface area contributed by atoms with Crippen molar-refractivity contribution in [3.63, 3.8) is 0 Å². The molecule has 1 N–H and O–H groups in total. The van der Waals surface area contributed by atoms with Gasteiger partial charge in [-0.25, -0.2) is 0 Å². The molecule has 7 nitrogen and oxygen atoms in total. The maximum absolute atomic E-state index is 13.6. The summed E-state index contributed by atoms with van der Waals surface area (Å²) in [6.07, 6.45) is 6.08. The molecule has 0 spiro atoms. The Bertz CT molecular complexity index is 1180. The number of imide groups is 1. The Balaban J connectivity index is 1.46. The summed E-state index contributed by atoms with van der Waals surface area (Å²) in [5, 5.41) is 3.95. The second kappa shape index (κ2) is 12.8. The molecular weight excluding hydrogens is 525 g/mol. The van der Waals surface area contributed by atoms with Crippen LogP contribution >= 0.6 is 23.2 Å². The van der Waals surface area contributed by atoms with Crippen LogP contribution in [-0.4, -0.2) is 52.1 Å². The van der Waals surface area contributed by atoms with E-state index >= 15 is 0 Å². The predicted molar refractivity (Wildman–Crippen MR) is 147 cm³/mol. The third-order valence-corrected chi connectivity index (χ3v) is 8.06. The summed E-state index contributed by atoms with van der Waals surface area (Å²) in [6.45, 7) is 2.21. The SMILES string of the molecule is CCC(C(=O)NC1CCCCC1)N(Cc1ccc(Cl)c(Cl)c1)C(=O)CCCN1C(=O)c2ccccc2C1=O. The van der Waals surface area contributed by atoms with E-state index in [1.54, 1.807) is 47.4 Å². The number of carbonyl (C=O) groups is 4. The van der Waals surface area contributed by atoms with Crippen LogP contribution in [0.1, 0.15) is 84.6 Å². The van der Waals surface area contributed by atoms with Crippen molar-refractivity contribution in [3.05, 3.63) is 69.2 Å². The molecule has 4 rings (SSSR count). The third-order valence-electron chi connectivity index (χ3n) is 7.32. The van der Waals surface area contributed by atoms with E-state index in [0.29, 0.717) is 34.0 Å². The van der Waals surface area contributed by atoms with Gasteiger partial charge in [-0.3, -0.25) is 24.1 Å². The molecule has 9 heteroatoms. The van der Waals surface area contributed by atoms with Gasteiger partial charge in [0.1, 0.15) is 6.04 Å². The van der Waals surface area contributed by atoms with Gasteiger partial charge in [-0.1, -0.05) is 67.6 Å². The number of hydrogen-bond donors (Lipinski definition) is 1. The number of halogens is 2. The minimum absolute atomic E-state index is 0.0853. The zero-order valence-corrected chi connectivity index (χ0v) is 23.1. The van der Waals surface area contributed by atoms with Crippen LogP contribution in [0.15, 0.2) is 42.5 Å². The largest absolute Gasteiger partial charge is 0.352 e. The number of fused-ring (bicyclic) bond motifs is 1. The number of rotatable bonds is 10. The van der Waals surface area contributed by atoms with Crippen molar-refractivity contribution in [2.75, 3.05) is 6.54 Å². The number of nitrogens with zero attached hydrogens (tertiary/aromatic N) is 2. The Morgan fingerprint density at radius 3 is 2.26 bits per heavy atom. The van der Waals surface area contributed by atoms with Gasteiger partial charge in [0.15, 0.2) is 0 Å². The van der Waals surface area contributed by atoms with Crippen LogP contribution in [0.4, 0.5) is 0 Å². The molecule has 1 unspecified atom stereocenters. The van der Waals surface area contributed by atoms with E-state index in [-0.39, 0.29) is 49.2 Å². The average molecular weight is 559 g/mol. The fourth-order valence-electron chi connectivity index (χ4n) is 5.27. The van der Waals surface area contributed by atoms with Gasteiger partial charge in [0, 0.05) is 25.6 Å². The first-order valence-corrected chi connectivity index (χ1v) is 14.0. The highest BCUT2D eigenvalue weighted by molar-refractivity contribution is 6.42. The molecule has 0 aromatic heterocycles. The maximum Gasteiger partial charge on any atom is 0.261 e. The van der Waals surface area contributed by atoms with E-state index in [1.165, 1.54) is 11.3 Å².